The Kier molecular flexibility index (Phi) is 4.40. The normalized spacial score (nSPS) is 13.0. The summed E-state index contributed by atoms with van der Waals surface area (Å²) in [6, 6.07) is 6.41. The van der Waals surface area contributed by atoms with Gasteiger partial charge in [-0.3, -0.25) is 4.68 Å². The smallest absolute Gasteiger partial charge is 0.422 e. The summed E-state index contributed by atoms with van der Waals surface area (Å²) in [6.07, 6.45) is -0.664. The quantitative estimate of drug-likeness (QED) is 0.918. The van der Waals surface area contributed by atoms with Crippen LogP contribution in [0.2, 0.25) is 0 Å². The average Bonchev–Trinajstić information content (AvgIpc) is 2.84. The molecule has 4 nitrogen and oxygen atoms in total. The second kappa shape index (κ2) is 6.07. The fraction of sp³-hybridized carbons (Fsp3) is 0.357. The number of aryl methyl sites for hydroxylation is 1. The van der Waals surface area contributed by atoms with E-state index in [0.29, 0.717) is 0 Å². The molecule has 0 aliphatic heterocycles. The van der Waals surface area contributed by atoms with E-state index in [1.54, 1.807) is 23.0 Å². The predicted octanol–water partition coefficient (Wildman–Crippen LogP) is 3.53. The Labute approximate surface area is 120 Å². The molecule has 1 aromatic heterocycles. The standard InChI is InChI=1S/C14H16F3N3O/c1-10(11-7-18-20(2)8-11)19-12-3-5-13(6-4-12)21-9-14(15,16)17/h3-8,10,19H,9H2,1-2H3. The highest BCUT2D eigenvalue weighted by molar-refractivity contribution is 5.47. The van der Waals surface area contributed by atoms with E-state index < -0.39 is 12.8 Å². The number of anilines is 1. The van der Waals surface area contributed by atoms with Gasteiger partial charge in [0.1, 0.15) is 5.75 Å². The molecule has 2 aromatic rings. The van der Waals surface area contributed by atoms with Crippen LogP contribution in [-0.4, -0.2) is 22.6 Å². The van der Waals surface area contributed by atoms with Crippen molar-refractivity contribution in [2.75, 3.05) is 11.9 Å². The summed E-state index contributed by atoms with van der Waals surface area (Å²) in [5.41, 5.74) is 1.82. The van der Waals surface area contributed by atoms with Crippen molar-refractivity contribution in [2.24, 2.45) is 7.05 Å². The van der Waals surface area contributed by atoms with Crippen molar-refractivity contribution in [1.82, 2.24) is 9.78 Å². The molecule has 1 N–H and O–H groups in total. The third-order valence-corrected chi connectivity index (χ3v) is 2.86. The first-order valence-electron chi connectivity index (χ1n) is 6.38. The van der Waals surface area contributed by atoms with Gasteiger partial charge in [0, 0.05) is 24.5 Å². The topological polar surface area (TPSA) is 39.1 Å². The van der Waals surface area contributed by atoms with E-state index in [0.717, 1.165) is 11.3 Å². The van der Waals surface area contributed by atoms with Gasteiger partial charge in [0.15, 0.2) is 6.61 Å². The van der Waals surface area contributed by atoms with E-state index in [4.69, 9.17) is 0 Å². The SMILES string of the molecule is CC(Nc1ccc(OCC(F)(F)F)cc1)c1cnn(C)c1. The van der Waals surface area contributed by atoms with Gasteiger partial charge < -0.3 is 10.1 Å². The molecule has 0 saturated carbocycles. The number of hydrogen-bond acceptors (Lipinski definition) is 3. The van der Waals surface area contributed by atoms with Crippen LogP contribution in [0, 0.1) is 0 Å². The molecule has 2 rings (SSSR count). The monoisotopic (exact) mass is 299 g/mol. The van der Waals surface area contributed by atoms with Crippen molar-refractivity contribution in [3.8, 4) is 5.75 Å². The van der Waals surface area contributed by atoms with Gasteiger partial charge >= 0.3 is 6.18 Å². The zero-order valence-corrected chi connectivity index (χ0v) is 11.7. The molecule has 1 atom stereocenters. The zero-order valence-electron chi connectivity index (χ0n) is 11.7. The van der Waals surface area contributed by atoms with E-state index in [1.807, 2.05) is 20.2 Å². The van der Waals surface area contributed by atoms with E-state index >= 15 is 0 Å². The van der Waals surface area contributed by atoms with Crippen molar-refractivity contribution < 1.29 is 17.9 Å². The molecule has 1 unspecified atom stereocenters. The van der Waals surface area contributed by atoms with Crippen molar-refractivity contribution in [2.45, 2.75) is 19.1 Å². The Morgan fingerprint density at radius 3 is 2.48 bits per heavy atom. The maximum Gasteiger partial charge on any atom is 0.422 e. The van der Waals surface area contributed by atoms with Crippen LogP contribution < -0.4 is 10.1 Å². The van der Waals surface area contributed by atoms with Crippen molar-refractivity contribution in [1.29, 1.82) is 0 Å². The minimum atomic E-state index is -4.33. The summed E-state index contributed by atoms with van der Waals surface area (Å²) in [4.78, 5) is 0. The molecular weight excluding hydrogens is 283 g/mol. The lowest BCUT2D eigenvalue weighted by Gasteiger charge is -2.14. The molecule has 0 aliphatic carbocycles. The lowest BCUT2D eigenvalue weighted by molar-refractivity contribution is -0.153. The largest absolute Gasteiger partial charge is 0.484 e. The number of nitrogens with one attached hydrogen (secondary N) is 1. The number of benzene rings is 1. The van der Waals surface area contributed by atoms with Gasteiger partial charge in [0.05, 0.1) is 12.2 Å². The molecule has 0 radical (unpaired) electrons. The Bertz CT molecular complexity index is 578. The van der Waals surface area contributed by atoms with E-state index in [-0.39, 0.29) is 11.8 Å². The van der Waals surface area contributed by atoms with Gasteiger partial charge in [-0.1, -0.05) is 0 Å². The van der Waals surface area contributed by atoms with Gasteiger partial charge in [-0.25, -0.2) is 0 Å². The highest BCUT2D eigenvalue weighted by Gasteiger charge is 2.28. The number of aromatic nitrogens is 2. The number of halogens is 3. The molecule has 114 valence electrons. The Balaban J connectivity index is 1.93. The zero-order chi connectivity index (χ0) is 15.5. The number of rotatable bonds is 5. The molecule has 0 aliphatic rings. The summed E-state index contributed by atoms with van der Waals surface area (Å²) in [5, 5.41) is 7.33. The molecule has 0 fully saturated rings. The van der Waals surface area contributed by atoms with E-state index in [9.17, 15) is 13.2 Å². The highest BCUT2D eigenvalue weighted by Crippen LogP contribution is 2.23. The molecule has 1 aromatic carbocycles. The maximum atomic E-state index is 12.0. The van der Waals surface area contributed by atoms with Gasteiger partial charge in [-0.2, -0.15) is 18.3 Å². The third-order valence-electron chi connectivity index (χ3n) is 2.86. The first-order valence-corrected chi connectivity index (χ1v) is 6.38. The second-order valence-electron chi connectivity index (χ2n) is 4.74. The second-order valence-corrected chi connectivity index (χ2v) is 4.74. The van der Waals surface area contributed by atoms with Gasteiger partial charge in [0.25, 0.3) is 0 Å². The average molecular weight is 299 g/mol. The third kappa shape index (κ3) is 4.70. The first-order chi connectivity index (χ1) is 9.83. The molecule has 21 heavy (non-hydrogen) atoms. The van der Waals surface area contributed by atoms with Crippen LogP contribution in [0.1, 0.15) is 18.5 Å². The predicted molar refractivity (Wildman–Crippen MR) is 73.2 cm³/mol. The first kappa shape index (κ1) is 15.2. The van der Waals surface area contributed by atoms with E-state index in [2.05, 4.69) is 15.2 Å². The molecule has 0 amide bonds. The molecule has 7 heteroatoms. The maximum absolute atomic E-state index is 12.0. The lowest BCUT2D eigenvalue weighted by atomic mass is 10.2. The molecule has 0 spiro atoms. The Hall–Kier alpha value is -2.18. The Morgan fingerprint density at radius 2 is 1.95 bits per heavy atom. The van der Waals surface area contributed by atoms with Gasteiger partial charge in [-0.05, 0) is 31.2 Å². The molecule has 0 bridgehead atoms. The van der Waals surface area contributed by atoms with Crippen molar-refractivity contribution >= 4 is 5.69 Å². The van der Waals surface area contributed by atoms with Crippen molar-refractivity contribution in [3.63, 3.8) is 0 Å². The van der Waals surface area contributed by atoms with E-state index in [1.165, 1.54) is 12.1 Å². The lowest BCUT2D eigenvalue weighted by Crippen LogP contribution is -2.19. The highest BCUT2D eigenvalue weighted by atomic mass is 19.4. The minimum absolute atomic E-state index is 0.0423. The molecule has 0 saturated heterocycles. The minimum Gasteiger partial charge on any atom is -0.484 e. The number of hydrogen-bond donors (Lipinski definition) is 1. The van der Waals surface area contributed by atoms with Crippen LogP contribution in [0.5, 0.6) is 5.75 Å². The molecular formula is C14H16F3N3O. The summed E-state index contributed by atoms with van der Waals surface area (Å²) >= 11 is 0. The summed E-state index contributed by atoms with van der Waals surface area (Å²) in [7, 11) is 1.84. The Morgan fingerprint density at radius 1 is 1.29 bits per heavy atom. The fourth-order valence-electron chi connectivity index (χ4n) is 1.81. The summed E-state index contributed by atoms with van der Waals surface area (Å²) in [6.45, 7) is 0.691. The summed E-state index contributed by atoms with van der Waals surface area (Å²) in [5.74, 6) is 0.187. The summed E-state index contributed by atoms with van der Waals surface area (Å²) < 4.78 is 42.5. The number of alkyl halides is 3. The number of nitrogens with zero attached hydrogens (tertiary/aromatic N) is 2. The van der Waals surface area contributed by atoms with Crippen LogP contribution in [0.4, 0.5) is 18.9 Å². The van der Waals surface area contributed by atoms with Crippen LogP contribution in [-0.2, 0) is 7.05 Å². The van der Waals surface area contributed by atoms with Gasteiger partial charge in [0.2, 0.25) is 0 Å². The molecule has 1 heterocycles. The van der Waals surface area contributed by atoms with Crippen LogP contribution in [0.15, 0.2) is 36.7 Å². The van der Waals surface area contributed by atoms with Crippen LogP contribution in [0.3, 0.4) is 0 Å². The fourth-order valence-corrected chi connectivity index (χ4v) is 1.81. The van der Waals surface area contributed by atoms with Crippen molar-refractivity contribution in [3.05, 3.63) is 42.2 Å². The van der Waals surface area contributed by atoms with Crippen LogP contribution >= 0.6 is 0 Å². The number of ether oxygens (including phenoxy) is 1. The van der Waals surface area contributed by atoms with Crippen LogP contribution in [0.25, 0.3) is 0 Å². The van der Waals surface area contributed by atoms with Gasteiger partial charge in [-0.15, -0.1) is 0 Å².